The quantitative estimate of drug-likeness (QED) is 0.508. The SMILES string of the molecule is COCc1ccc(C(N)C(N)=O)cc1.COCc1ccc(C2NC3(CCCC3)NC2=O)cc1. The molecule has 178 valence electrons. The summed E-state index contributed by atoms with van der Waals surface area (Å²) in [4.78, 5) is 22.9. The Labute approximate surface area is 195 Å². The molecule has 8 heteroatoms. The third-order valence-corrected chi connectivity index (χ3v) is 6.08. The molecular formula is C25H34N4O4. The lowest BCUT2D eigenvalue weighted by atomic mass is 10.0. The van der Waals surface area contributed by atoms with Gasteiger partial charge in [-0.05, 0) is 47.9 Å². The van der Waals surface area contributed by atoms with E-state index in [4.69, 9.17) is 20.9 Å². The number of amides is 2. The minimum Gasteiger partial charge on any atom is -0.380 e. The van der Waals surface area contributed by atoms with Gasteiger partial charge < -0.3 is 26.3 Å². The van der Waals surface area contributed by atoms with Gasteiger partial charge in [-0.3, -0.25) is 14.9 Å². The number of ether oxygens (including phenoxy) is 2. The fraction of sp³-hybridized carbons (Fsp3) is 0.440. The molecular weight excluding hydrogens is 420 g/mol. The van der Waals surface area contributed by atoms with Crippen LogP contribution in [0.3, 0.4) is 0 Å². The summed E-state index contributed by atoms with van der Waals surface area (Å²) in [6.45, 7) is 1.15. The van der Waals surface area contributed by atoms with Crippen molar-refractivity contribution in [3.05, 3.63) is 70.8 Å². The van der Waals surface area contributed by atoms with Crippen molar-refractivity contribution in [3.8, 4) is 0 Å². The zero-order valence-corrected chi connectivity index (χ0v) is 19.3. The molecule has 1 aliphatic heterocycles. The number of benzene rings is 2. The molecule has 0 radical (unpaired) electrons. The Morgan fingerprint density at radius 1 is 1.00 bits per heavy atom. The highest BCUT2D eigenvalue weighted by molar-refractivity contribution is 5.86. The number of nitrogens with one attached hydrogen (secondary N) is 2. The summed E-state index contributed by atoms with van der Waals surface area (Å²) >= 11 is 0. The van der Waals surface area contributed by atoms with Crippen molar-refractivity contribution < 1.29 is 19.1 Å². The van der Waals surface area contributed by atoms with Gasteiger partial charge >= 0.3 is 0 Å². The molecule has 2 unspecified atom stereocenters. The van der Waals surface area contributed by atoms with Crippen molar-refractivity contribution in [2.24, 2.45) is 11.5 Å². The lowest BCUT2D eigenvalue weighted by molar-refractivity contribution is -0.121. The molecule has 33 heavy (non-hydrogen) atoms. The van der Waals surface area contributed by atoms with E-state index < -0.39 is 11.9 Å². The maximum Gasteiger partial charge on any atom is 0.243 e. The monoisotopic (exact) mass is 454 g/mol. The number of carbonyl (C=O) groups is 2. The zero-order valence-electron chi connectivity index (χ0n) is 19.3. The number of methoxy groups -OCH3 is 2. The van der Waals surface area contributed by atoms with Crippen molar-refractivity contribution in [3.63, 3.8) is 0 Å². The molecule has 2 aliphatic rings. The average Bonchev–Trinajstić information content (AvgIpc) is 3.40. The van der Waals surface area contributed by atoms with Gasteiger partial charge in [-0.15, -0.1) is 0 Å². The summed E-state index contributed by atoms with van der Waals surface area (Å²) in [6, 6.07) is 14.4. The zero-order chi connectivity index (χ0) is 23.8. The summed E-state index contributed by atoms with van der Waals surface area (Å²) in [6.07, 6.45) is 4.45. The fourth-order valence-electron chi connectivity index (χ4n) is 4.29. The normalized spacial score (nSPS) is 19.6. The van der Waals surface area contributed by atoms with Crippen LogP contribution in [0.4, 0.5) is 0 Å². The molecule has 2 amide bonds. The van der Waals surface area contributed by atoms with Crippen LogP contribution in [0.15, 0.2) is 48.5 Å². The molecule has 2 aromatic rings. The van der Waals surface area contributed by atoms with Crippen LogP contribution in [-0.4, -0.2) is 31.7 Å². The van der Waals surface area contributed by atoms with Gasteiger partial charge in [0.2, 0.25) is 11.8 Å². The van der Waals surface area contributed by atoms with E-state index in [1.165, 1.54) is 12.8 Å². The maximum absolute atomic E-state index is 12.1. The minimum atomic E-state index is -0.730. The van der Waals surface area contributed by atoms with E-state index in [0.29, 0.717) is 13.2 Å². The van der Waals surface area contributed by atoms with Crippen molar-refractivity contribution in [1.82, 2.24) is 10.6 Å². The third-order valence-electron chi connectivity index (χ3n) is 6.08. The maximum atomic E-state index is 12.1. The molecule has 2 aromatic carbocycles. The van der Waals surface area contributed by atoms with Gasteiger partial charge in [0.1, 0.15) is 12.1 Å². The molecule has 8 nitrogen and oxygen atoms in total. The standard InChI is InChI=1S/C15H20N2O2.C10H14N2O2/c1-19-10-11-4-6-12(7-5-11)13-14(18)17-15(16-13)8-2-3-9-15;1-14-6-7-2-4-8(5-3-7)9(11)10(12)13/h4-7,13,16H,2-3,8-10H2,1H3,(H,17,18);2-5,9H,6,11H2,1H3,(H2,12,13). The number of nitrogens with two attached hydrogens (primary N) is 2. The Kier molecular flexibility index (Phi) is 8.57. The van der Waals surface area contributed by atoms with Crippen molar-refractivity contribution in [2.45, 2.75) is 56.6 Å². The first-order chi connectivity index (χ1) is 15.9. The highest BCUT2D eigenvalue weighted by atomic mass is 16.5. The van der Waals surface area contributed by atoms with E-state index in [1.807, 2.05) is 36.4 Å². The number of hydrogen-bond donors (Lipinski definition) is 4. The van der Waals surface area contributed by atoms with E-state index in [1.54, 1.807) is 26.4 Å². The Hall–Kier alpha value is -2.78. The van der Waals surface area contributed by atoms with Gasteiger partial charge in [-0.2, -0.15) is 0 Å². The van der Waals surface area contributed by atoms with Crippen LogP contribution in [0.5, 0.6) is 0 Å². The second-order valence-corrected chi connectivity index (χ2v) is 8.59. The molecule has 1 aliphatic carbocycles. The molecule has 4 rings (SSSR count). The molecule has 2 fully saturated rings. The van der Waals surface area contributed by atoms with Crippen LogP contribution < -0.4 is 22.1 Å². The van der Waals surface area contributed by atoms with Gasteiger partial charge in [0.15, 0.2) is 0 Å². The van der Waals surface area contributed by atoms with Crippen molar-refractivity contribution in [2.75, 3.05) is 14.2 Å². The molecule has 0 bridgehead atoms. The summed E-state index contributed by atoms with van der Waals surface area (Å²) in [5.74, 6) is -0.425. The summed E-state index contributed by atoms with van der Waals surface area (Å²) in [5.41, 5.74) is 14.4. The van der Waals surface area contributed by atoms with Crippen molar-refractivity contribution >= 4 is 11.8 Å². The predicted molar refractivity (Wildman–Crippen MR) is 126 cm³/mol. The molecule has 1 saturated heterocycles. The number of rotatable bonds is 7. The highest BCUT2D eigenvalue weighted by Gasteiger charge is 2.45. The van der Waals surface area contributed by atoms with Crippen LogP contribution in [-0.2, 0) is 32.3 Å². The van der Waals surface area contributed by atoms with Crippen LogP contribution >= 0.6 is 0 Å². The first-order valence-electron chi connectivity index (χ1n) is 11.2. The smallest absolute Gasteiger partial charge is 0.243 e. The lowest BCUT2D eigenvalue weighted by Gasteiger charge is -2.23. The molecule has 1 saturated carbocycles. The number of carbonyl (C=O) groups excluding carboxylic acids is 2. The molecule has 0 aromatic heterocycles. The molecule has 1 spiro atoms. The summed E-state index contributed by atoms with van der Waals surface area (Å²) < 4.78 is 10.0. The largest absolute Gasteiger partial charge is 0.380 e. The van der Waals surface area contributed by atoms with E-state index in [9.17, 15) is 9.59 Å². The van der Waals surface area contributed by atoms with Gasteiger partial charge in [0, 0.05) is 14.2 Å². The topological polar surface area (TPSA) is 129 Å². The second kappa shape index (κ2) is 11.4. The van der Waals surface area contributed by atoms with Gasteiger partial charge in [-0.1, -0.05) is 48.5 Å². The first kappa shape index (κ1) is 24.9. The van der Waals surface area contributed by atoms with Gasteiger partial charge in [0.25, 0.3) is 0 Å². The molecule has 2 atom stereocenters. The number of hydrogen-bond acceptors (Lipinski definition) is 6. The average molecular weight is 455 g/mol. The van der Waals surface area contributed by atoms with Crippen LogP contribution in [0.25, 0.3) is 0 Å². The fourth-order valence-corrected chi connectivity index (χ4v) is 4.29. The van der Waals surface area contributed by atoms with E-state index >= 15 is 0 Å². The summed E-state index contributed by atoms with van der Waals surface area (Å²) in [5, 5.41) is 6.63. The molecule has 1 heterocycles. The first-order valence-corrected chi connectivity index (χ1v) is 11.2. The predicted octanol–water partition coefficient (Wildman–Crippen LogP) is 2.18. The Morgan fingerprint density at radius 3 is 2.00 bits per heavy atom. The Morgan fingerprint density at radius 2 is 1.52 bits per heavy atom. The highest BCUT2D eigenvalue weighted by Crippen LogP contribution is 2.34. The third kappa shape index (κ3) is 6.39. The van der Waals surface area contributed by atoms with E-state index in [2.05, 4.69) is 10.6 Å². The van der Waals surface area contributed by atoms with Gasteiger partial charge in [-0.25, -0.2) is 0 Å². The van der Waals surface area contributed by atoms with E-state index in [0.717, 1.165) is 35.1 Å². The Balaban J connectivity index is 0.000000196. The van der Waals surface area contributed by atoms with Crippen molar-refractivity contribution in [1.29, 1.82) is 0 Å². The summed E-state index contributed by atoms with van der Waals surface area (Å²) in [7, 11) is 3.31. The second-order valence-electron chi connectivity index (χ2n) is 8.59. The minimum absolute atomic E-state index is 0.0985. The Bertz CT molecular complexity index is 924. The molecule has 6 N–H and O–H groups in total. The number of primary amides is 1. The lowest BCUT2D eigenvalue weighted by Crippen LogP contribution is -2.46. The van der Waals surface area contributed by atoms with Crippen LogP contribution in [0.1, 0.15) is 60.0 Å². The van der Waals surface area contributed by atoms with Gasteiger partial charge in [0.05, 0.1) is 18.9 Å². The van der Waals surface area contributed by atoms with Crippen LogP contribution in [0, 0.1) is 0 Å². The van der Waals surface area contributed by atoms with E-state index in [-0.39, 0.29) is 17.6 Å². The van der Waals surface area contributed by atoms with Crippen LogP contribution in [0.2, 0.25) is 0 Å².